The first-order chi connectivity index (χ1) is 6.98. The lowest BCUT2D eigenvalue weighted by atomic mass is 9.89. The van der Waals surface area contributed by atoms with Crippen molar-refractivity contribution < 1.29 is 4.84 Å². The first kappa shape index (κ1) is 14.4. The fraction of sp³-hybridized carbons (Fsp3) is 0.917. The Labute approximate surface area is 93.8 Å². The van der Waals surface area contributed by atoms with Crippen LogP contribution in [0.4, 0.5) is 0 Å². The summed E-state index contributed by atoms with van der Waals surface area (Å²) in [5.74, 6) is 0.565. The summed E-state index contributed by atoms with van der Waals surface area (Å²) in [6.07, 6.45) is 3.08. The molecule has 0 rings (SSSR count). The van der Waals surface area contributed by atoms with E-state index in [0.717, 1.165) is 32.4 Å². The van der Waals surface area contributed by atoms with E-state index in [1.165, 1.54) is 0 Å². The number of hydroxylamine groups is 1. The Morgan fingerprint density at radius 3 is 2.53 bits per heavy atom. The van der Waals surface area contributed by atoms with Gasteiger partial charge in [-0.3, -0.25) is 0 Å². The van der Waals surface area contributed by atoms with Crippen molar-refractivity contribution in [3.05, 3.63) is 0 Å². The van der Waals surface area contributed by atoms with Gasteiger partial charge in [-0.2, -0.15) is 5.26 Å². The molecular formula is C12H24N2O. The molecule has 0 bridgehead atoms. The minimum atomic E-state index is -0.182. The molecule has 0 aliphatic heterocycles. The predicted molar refractivity (Wildman–Crippen MR) is 62.0 cm³/mol. The van der Waals surface area contributed by atoms with Crippen LogP contribution in [-0.4, -0.2) is 13.2 Å². The van der Waals surface area contributed by atoms with E-state index in [-0.39, 0.29) is 5.41 Å². The lowest BCUT2D eigenvalue weighted by Gasteiger charge is -2.14. The summed E-state index contributed by atoms with van der Waals surface area (Å²) in [5.41, 5.74) is 2.76. The number of unbranched alkanes of at least 4 members (excludes halogenated alkanes) is 1. The maximum atomic E-state index is 8.81. The summed E-state index contributed by atoms with van der Waals surface area (Å²) in [6, 6.07) is 2.31. The molecule has 0 unspecified atom stereocenters. The summed E-state index contributed by atoms with van der Waals surface area (Å²) >= 11 is 0. The van der Waals surface area contributed by atoms with Gasteiger partial charge in [0.25, 0.3) is 0 Å². The highest BCUT2D eigenvalue weighted by Crippen LogP contribution is 2.21. The molecule has 0 atom stereocenters. The molecule has 0 aromatic rings. The minimum absolute atomic E-state index is 0.182. The fourth-order valence-electron chi connectivity index (χ4n) is 1.12. The molecule has 0 heterocycles. The van der Waals surface area contributed by atoms with Crippen molar-refractivity contribution in [3.63, 3.8) is 0 Å². The van der Waals surface area contributed by atoms with Gasteiger partial charge in [0.1, 0.15) is 0 Å². The van der Waals surface area contributed by atoms with Crippen molar-refractivity contribution in [2.24, 2.45) is 11.3 Å². The second-order valence-electron chi connectivity index (χ2n) is 5.05. The summed E-state index contributed by atoms with van der Waals surface area (Å²) in [5, 5.41) is 8.81. The zero-order chi connectivity index (χ0) is 11.7. The molecule has 3 heteroatoms. The van der Waals surface area contributed by atoms with E-state index >= 15 is 0 Å². The van der Waals surface area contributed by atoms with Crippen LogP contribution in [0.1, 0.15) is 47.0 Å². The summed E-state index contributed by atoms with van der Waals surface area (Å²) < 4.78 is 0. The normalized spacial score (nSPS) is 11.7. The van der Waals surface area contributed by atoms with Gasteiger partial charge in [0, 0.05) is 6.54 Å². The Morgan fingerprint density at radius 2 is 2.00 bits per heavy atom. The molecule has 0 aliphatic rings. The molecular weight excluding hydrogens is 188 g/mol. The zero-order valence-corrected chi connectivity index (χ0v) is 10.5. The van der Waals surface area contributed by atoms with Crippen LogP contribution in [0.15, 0.2) is 0 Å². The topological polar surface area (TPSA) is 45.0 Å². The van der Waals surface area contributed by atoms with E-state index in [4.69, 9.17) is 10.1 Å². The van der Waals surface area contributed by atoms with Crippen molar-refractivity contribution in [3.8, 4) is 6.07 Å². The molecule has 0 spiro atoms. The molecule has 0 aromatic carbocycles. The molecule has 0 aromatic heterocycles. The summed E-state index contributed by atoms with van der Waals surface area (Å²) in [7, 11) is 0. The maximum Gasteiger partial charge on any atom is 0.0705 e. The monoisotopic (exact) mass is 212 g/mol. The average molecular weight is 212 g/mol. The third kappa shape index (κ3) is 9.71. The van der Waals surface area contributed by atoms with Gasteiger partial charge in [0.05, 0.1) is 18.1 Å². The lowest BCUT2D eigenvalue weighted by molar-refractivity contribution is 0.0230. The molecule has 0 fully saturated rings. The minimum Gasteiger partial charge on any atom is -0.302 e. The molecule has 0 amide bonds. The van der Waals surface area contributed by atoms with Crippen molar-refractivity contribution in [1.29, 1.82) is 5.26 Å². The Bertz CT molecular complexity index is 194. The summed E-state index contributed by atoms with van der Waals surface area (Å²) in [4.78, 5) is 5.24. The molecule has 0 saturated carbocycles. The standard InChI is InChI=1S/C12H24N2O/c1-11(2)9-15-14-8-6-5-7-12(3,4)10-13/h11,14H,5-9H2,1-4H3. The number of hydrogen-bond donors (Lipinski definition) is 1. The highest BCUT2D eigenvalue weighted by molar-refractivity contribution is 4.91. The maximum absolute atomic E-state index is 8.81. The van der Waals surface area contributed by atoms with Crippen LogP contribution in [0.5, 0.6) is 0 Å². The largest absolute Gasteiger partial charge is 0.302 e. The number of nitrogens with zero attached hydrogens (tertiary/aromatic N) is 1. The fourth-order valence-corrected chi connectivity index (χ4v) is 1.12. The zero-order valence-electron chi connectivity index (χ0n) is 10.5. The Kier molecular flexibility index (Phi) is 7.37. The number of hydrogen-bond acceptors (Lipinski definition) is 3. The van der Waals surface area contributed by atoms with Crippen LogP contribution in [0.25, 0.3) is 0 Å². The number of rotatable bonds is 8. The van der Waals surface area contributed by atoms with Crippen molar-refractivity contribution in [1.82, 2.24) is 5.48 Å². The smallest absolute Gasteiger partial charge is 0.0705 e. The van der Waals surface area contributed by atoms with Crippen LogP contribution in [0, 0.1) is 22.7 Å². The van der Waals surface area contributed by atoms with Gasteiger partial charge in [-0.15, -0.1) is 0 Å². The van der Waals surface area contributed by atoms with E-state index in [1.54, 1.807) is 0 Å². The first-order valence-electron chi connectivity index (χ1n) is 5.74. The molecule has 3 nitrogen and oxygen atoms in total. The first-order valence-corrected chi connectivity index (χ1v) is 5.74. The molecule has 1 N–H and O–H groups in total. The summed E-state index contributed by atoms with van der Waals surface area (Å²) in [6.45, 7) is 9.83. The van der Waals surface area contributed by atoms with Crippen LogP contribution in [-0.2, 0) is 4.84 Å². The highest BCUT2D eigenvalue weighted by Gasteiger charge is 2.15. The van der Waals surface area contributed by atoms with Gasteiger partial charge in [0.15, 0.2) is 0 Å². The van der Waals surface area contributed by atoms with E-state index in [1.807, 2.05) is 13.8 Å². The van der Waals surface area contributed by atoms with Crippen LogP contribution >= 0.6 is 0 Å². The van der Waals surface area contributed by atoms with Crippen molar-refractivity contribution >= 4 is 0 Å². The second kappa shape index (κ2) is 7.67. The molecule has 15 heavy (non-hydrogen) atoms. The van der Waals surface area contributed by atoms with Crippen LogP contribution in [0.2, 0.25) is 0 Å². The van der Waals surface area contributed by atoms with Gasteiger partial charge in [-0.05, 0) is 32.6 Å². The van der Waals surface area contributed by atoms with Gasteiger partial charge < -0.3 is 4.84 Å². The Hall–Kier alpha value is -0.590. The molecule has 88 valence electrons. The van der Waals surface area contributed by atoms with Gasteiger partial charge in [-0.1, -0.05) is 20.3 Å². The number of nitrogens with one attached hydrogen (secondary N) is 1. The number of nitriles is 1. The van der Waals surface area contributed by atoms with Gasteiger partial charge >= 0.3 is 0 Å². The van der Waals surface area contributed by atoms with E-state index in [2.05, 4.69) is 25.4 Å². The Morgan fingerprint density at radius 1 is 1.33 bits per heavy atom. The van der Waals surface area contributed by atoms with Crippen molar-refractivity contribution in [2.45, 2.75) is 47.0 Å². The quantitative estimate of drug-likeness (QED) is 0.497. The highest BCUT2D eigenvalue weighted by atomic mass is 16.6. The van der Waals surface area contributed by atoms with Gasteiger partial charge in [-0.25, -0.2) is 5.48 Å². The second-order valence-corrected chi connectivity index (χ2v) is 5.05. The Balaban J connectivity index is 3.23. The average Bonchev–Trinajstić information content (AvgIpc) is 2.16. The van der Waals surface area contributed by atoms with Crippen LogP contribution in [0.3, 0.4) is 0 Å². The third-order valence-electron chi connectivity index (χ3n) is 2.15. The van der Waals surface area contributed by atoms with Gasteiger partial charge in [0.2, 0.25) is 0 Å². The van der Waals surface area contributed by atoms with E-state index in [0.29, 0.717) is 5.92 Å². The molecule has 0 saturated heterocycles. The van der Waals surface area contributed by atoms with Crippen LogP contribution < -0.4 is 5.48 Å². The van der Waals surface area contributed by atoms with E-state index < -0.39 is 0 Å². The van der Waals surface area contributed by atoms with E-state index in [9.17, 15) is 0 Å². The van der Waals surface area contributed by atoms with Crippen molar-refractivity contribution in [2.75, 3.05) is 13.2 Å². The SMILES string of the molecule is CC(C)CONCCCCC(C)(C)C#N. The lowest BCUT2D eigenvalue weighted by Crippen LogP contribution is -2.19. The molecule has 0 aliphatic carbocycles. The predicted octanol–water partition coefficient (Wildman–Crippen LogP) is 2.88. The third-order valence-corrected chi connectivity index (χ3v) is 2.15. The molecule has 0 radical (unpaired) electrons.